The van der Waals surface area contributed by atoms with Gasteiger partial charge in [0.25, 0.3) is 0 Å². The number of carbonyl (C=O) groups is 1. The molecule has 4 nitrogen and oxygen atoms in total. The van der Waals surface area contributed by atoms with Crippen LogP contribution in [-0.4, -0.2) is 31.5 Å². The van der Waals surface area contributed by atoms with E-state index in [4.69, 9.17) is 4.74 Å². The Hall–Kier alpha value is -0.940. The van der Waals surface area contributed by atoms with E-state index in [0.29, 0.717) is 16.9 Å². The highest BCUT2D eigenvalue weighted by Gasteiger charge is 2.29. The molecule has 1 aromatic rings. The third-order valence-corrected chi connectivity index (χ3v) is 5.28. The van der Waals surface area contributed by atoms with Crippen LogP contribution in [0.5, 0.6) is 0 Å². The standard InChI is InChI=1S/C14H22N2O2S/c1-4-14(2)5-7-16(8-6-14)13-15-11(10-18-3)12(9-17)19-13/h9H,4-8,10H2,1-3H3. The highest BCUT2D eigenvalue weighted by Crippen LogP contribution is 2.37. The predicted molar refractivity (Wildman–Crippen MR) is 78.1 cm³/mol. The number of rotatable bonds is 5. The Morgan fingerprint density at radius 1 is 1.47 bits per heavy atom. The summed E-state index contributed by atoms with van der Waals surface area (Å²) in [7, 11) is 1.63. The van der Waals surface area contributed by atoms with E-state index in [1.54, 1.807) is 7.11 Å². The van der Waals surface area contributed by atoms with Crippen LogP contribution < -0.4 is 4.90 Å². The number of aromatic nitrogens is 1. The molecule has 1 saturated heterocycles. The number of ether oxygens (including phenoxy) is 1. The molecule has 1 fully saturated rings. The fraction of sp³-hybridized carbons (Fsp3) is 0.714. The molecule has 0 atom stereocenters. The molecule has 0 radical (unpaired) electrons. The summed E-state index contributed by atoms with van der Waals surface area (Å²) in [6.45, 7) is 7.09. The Balaban J connectivity index is 2.09. The number of piperidine rings is 1. The average Bonchev–Trinajstić information content (AvgIpc) is 2.83. The first-order valence-corrected chi connectivity index (χ1v) is 7.62. The monoisotopic (exact) mass is 282 g/mol. The Kier molecular flexibility index (Phi) is 4.58. The number of anilines is 1. The highest BCUT2D eigenvalue weighted by molar-refractivity contribution is 7.17. The molecule has 0 aliphatic carbocycles. The van der Waals surface area contributed by atoms with E-state index in [2.05, 4.69) is 23.7 Å². The molecule has 0 aromatic carbocycles. The van der Waals surface area contributed by atoms with Crippen molar-refractivity contribution in [2.24, 2.45) is 5.41 Å². The van der Waals surface area contributed by atoms with Gasteiger partial charge in [-0.15, -0.1) is 0 Å². The molecule has 0 amide bonds. The Morgan fingerprint density at radius 2 is 2.16 bits per heavy atom. The van der Waals surface area contributed by atoms with Crippen LogP contribution in [-0.2, 0) is 11.3 Å². The van der Waals surface area contributed by atoms with Gasteiger partial charge in [-0.2, -0.15) is 0 Å². The summed E-state index contributed by atoms with van der Waals surface area (Å²) in [5.41, 5.74) is 1.23. The first kappa shape index (κ1) is 14.5. The lowest BCUT2D eigenvalue weighted by atomic mass is 9.78. The molecule has 0 N–H and O–H groups in total. The van der Waals surface area contributed by atoms with Crippen molar-refractivity contribution >= 4 is 22.8 Å². The average molecular weight is 282 g/mol. The lowest BCUT2D eigenvalue weighted by Crippen LogP contribution is -2.38. The third kappa shape index (κ3) is 3.15. The first-order valence-electron chi connectivity index (χ1n) is 6.80. The maximum atomic E-state index is 11.0. The zero-order valence-electron chi connectivity index (χ0n) is 11.9. The molecule has 0 spiro atoms. The molecule has 0 saturated carbocycles. The summed E-state index contributed by atoms with van der Waals surface area (Å²) in [5.74, 6) is 0. The van der Waals surface area contributed by atoms with Gasteiger partial charge in [0.1, 0.15) is 0 Å². The van der Waals surface area contributed by atoms with E-state index < -0.39 is 0 Å². The van der Waals surface area contributed by atoms with E-state index in [-0.39, 0.29) is 0 Å². The fourth-order valence-electron chi connectivity index (χ4n) is 2.41. The molecule has 0 unspecified atom stereocenters. The number of hydrogen-bond donors (Lipinski definition) is 0. The number of aldehydes is 1. The molecule has 1 aromatic heterocycles. The van der Waals surface area contributed by atoms with Crippen molar-refractivity contribution in [3.63, 3.8) is 0 Å². The van der Waals surface area contributed by atoms with Crippen LogP contribution in [0.3, 0.4) is 0 Å². The minimum atomic E-state index is 0.408. The maximum absolute atomic E-state index is 11.0. The van der Waals surface area contributed by atoms with Crippen molar-refractivity contribution in [1.29, 1.82) is 0 Å². The van der Waals surface area contributed by atoms with Crippen LogP contribution >= 0.6 is 11.3 Å². The van der Waals surface area contributed by atoms with Crippen LogP contribution in [0.1, 0.15) is 48.5 Å². The topological polar surface area (TPSA) is 42.4 Å². The number of methoxy groups -OCH3 is 1. The van der Waals surface area contributed by atoms with Crippen LogP contribution in [0.4, 0.5) is 5.13 Å². The van der Waals surface area contributed by atoms with E-state index in [1.165, 1.54) is 30.6 Å². The highest BCUT2D eigenvalue weighted by atomic mass is 32.1. The Labute approximate surface area is 118 Å². The third-order valence-electron chi connectivity index (χ3n) is 4.20. The maximum Gasteiger partial charge on any atom is 0.186 e. The van der Waals surface area contributed by atoms with Gasteiger partial charge in [0, 0.05) is 20.2 Å². The van der Waals surface area contributed by atoms with E-state index in [1.807, 2.05) is 0 Å². The van der Waals surface area contributed by atoms with Gasteiger partial charge in [-0.3, -0.25) is 4.79 Å². The fourth-order valence-corrected chi connectivity index (χ4v) is 3.34. The molecule has 5 heteroatoms. The second kappa shape index (κ2) is 6.01. The Bertz CT molecular complexity index is 437. The van der Waals surface area contributed by atoms with Gasteiger partial charge in [-0.25, -0.2) is 4.98 Å². The van der Waals surface area contributed by atoms with Crippen LogP contribution in [0.15, 0.2) is 0 Å². The lowest BCUT2D eigenvalue weighted by Gasteiger charge is -2.38. The smallest absolute Gasteiger partial charge is 0.186 e. The van der Waals surface area contributed by atoms with Gasteiger partial charge in [0.05, 0.1) is 17.2 Å². The van der Waals surface area contributed by atoms with Gasteiger partial charge in [0.15, 0.2) is 11.4 Å². The zero-order chi connectivity index (χ0) is 13.9. The van der Waals surface area contributed by atoms with Crippen molar-refractivity contribution in [2.45, 2.75) is 39.7 Å². The quantitative estimate of drug-likeness (QED) is 0.778. The summed E-state index contributed by atoms with van der Waals surface area (Å²) >= 11 is 1.48. The number of hydrogen-bond acceptors (Lipinski definition) is 5. The Morgan fingerprint density at radius 3 is 2.68 bits per heavy atom. The summed E-state index contributed by atoms with van der Waals surface area (Å²) < 4.78 is 5.09. The minimum absolute atomic E-state index is 0.408. The first-order chi connectivity index (χ1) is 9.11. The molecular formula is C14H22N2O2S. The summed E-state index contributed by atoms with van der Waals surface area (Å²) in [6.07, 6.45) is 4.50. The number of carbonyl (C=O) groups excluding carboxylic acids is 1. The molecule has 1 aliphatic rings. The summed E-state index contributed by atoms with van der Waals surface area (Å²) in [6, 6.07) is 0. The van der Waals surface area contributed by atoms with Gasteiger partial charge in [0.2, 0.25) is 0 Å². The number of nitrogens with zero attached hydrogens (tertiary/aromatic N) is 2. The van der Waals surface area contributed by atoms with Crippen molar-refractivity contribution in [3.05, 3.63) is 10.6 Å². The van der Waals surface area contributed by atoms with E-state index in [9.17, 15) is 4.79 Å². The normalized spacial score (nSPS) is 18.6. The molecule has 106 valence electrons. The van der Waals surface area contributed by atoms with Crippen LogP contribution in [0, 0.1) is 5.41 Å². The van der Waals surface area contributed by atoms with Gasteiger partial charge in [-0.05, 0) is 18.3 Å². The van der Waals surface area contributed by atoms with Gasteiger partial charge in [-0.1, -0.05) is 31.6 Å². The molecule has 19 heavy (non-hydrogen) atoms. The molecular weight excluding hydrogens is 260 g/mol. The molecule has 0 bridgehead atoms. The van der Waals surface area contributed by atoms with Gasteiger partial charge < -0.3 is 9.64 Å². The number of thiazole rings is 1. The SMILES string of the molecule is CCC1(C)CCN(c2nc(COC)c(C=O)s2)CC1. The summed E-state index contributed by atoms with van der Waals surface area (Å²) in [4.78, 5) is 18.6. The van der Waals surface area contributed by atoms with Gasteiger partial charge >= 0.3 is 0 Å². The minimum Gasteiger partial charge on any atom is -0.378 e. The van der Waals surface area contributed by atoms with Crippen LogP contribution in [0.2, 0.25) is 0 Å². The largest absolute Gasteiger partial charge is 0.378 e. The second-order valence-corrected chi connectivity index (χ2v) is 6.52. The van der Waals surface area contributed by atoms with E-state index in [0.717, 1.165) is 30.2 Å². The van der Waals surface area contributed by atoms with Crippen molar-refractivity contribution in [1.82, 2.24) is 4.98 Å². The van der Waals surface area contributed by atoms with Crippen molar-refractivity contribution in [3.8, 4) is 0 Å². The van der Waals surface area contributed by atoms with Crippen molar-refractivity contribution < 1.29 is 9.53 Å². The zero-order valence-corrected chi connectivity index (χ0v) is 12.8. The lowest BCUT2D eigenvalue weighted by molar-refractivity contribution is 0.112. The molecule has 2 rings (SSSR count). The van der Waals surface area contributed by atoms with Crippen molar-refractivity contribution in [2.75, 3.05) is 25.1 Å². The molecule has 1 aliphatic heterocycles. The van der Waals surface area contributed by atoms with E-state index >= 15 is 0 Å². The predicted octanol–water partition coefficient (Wildman–Crippen LogP) is 3.12. The van der Waals surface area contributed by atoms with Crippen LogP contribution in [0.25, 0.3) is 0 Å². The molecule has 2 heterocycles. The second-order valence-electron chi connectivity index (χ2n) is 5.51. The summed E-state index contributed by atoms with van der Waals surface area (Å²) in [5, 5.41) is 0.965.